The first-order chi connectivity index (χ1) is 7.11. The predicted octanol–water partition coefficient (Wildman–Crippen LogP) is 3.00. The number of halogens is 2. The number of carbonyl (C=O) groups is 1. The average Bonchev–Trinajstić information content (AvgIpc) is 2.51. The van der Waals surface area contributed by atoms with E-state index in [-0.39, 0.29) is 0 Å². The van der Waals surface area contributed by atoms with Gasteiger partial charge in [-0.15, -0.1) is 11.3 Å². The van der Waals surface area contributed by atoms with E-state index >= 15 is 0 Å². The SMILES string of the molecule is CCCCc1c(Cl)sc(C(=O)NN)c1Cl. The maximum atomic E-state index is 11.3. The lowest BCUT2D eigenvalue weighted by Gasteiger charge is -1.99. The van der Waals surface area contributed by atoms with Crippen LogP contribution in [-0.2, 0) is 6.42 Å². The van der Waals surface area contributed by atoms with Crippen LogP contribution in [0.3, 0.4) is 0 Å². The van der Waals surface area contributed by atoms with Gasteiger partial charge in [0.15, 0.2) is 0 Å². The summed E-state index contributed by atoms with van der Waals surface area (Å²) < 4.78 is 0.576. The van der Waals surface area contributed by atoms with Gasteiger partial charge in [-0.3, -0.25) is 10.2 Å². The van der Waals surface area contributed by atoms with Crippen LogP contribution in [0, 0.1) is 0 Å². The highest BCUT2D eigenvalue weighted by Crippen LogP contribution is 2.37. The van der Waals surface area contributed by atoms with Gasteiger partial charge in [0.25, 0.3) is 5.91 Å². The molecule has 0 aliphatic heterocycles. The third-order valence-electron chi connectivity index (χ3n) is 2.01. The molecule has 1 heterocycles. The largest absolute Gasteiger partial charge is 0.289 e. The second-order valence-corrected chi connectivity index (χ2v) is 5.08. The summed E-state index contributed by atoms with van der Waals surface area (Å²) in [6.45, 7) is 2.09. The quantitative estimate of drug-likeness (QED) is 0.500. The fourth-order valence-corrected chi connectivity index (χ4v) is 2.98. The zero-order valence-corrected chi connectivity index (χ0v) is 10.6. The lowest BCUT2D eigenvalue weighted by Crippen LogP contribution is -2.29. The van der Waals surface area contributed by atoms with Gasteiger partial charge in [-0.05, 0) is 12.8 Å². The van der Waals surface area contributed by atoms with Crippen LogP contribution in [-0.4, -0.2) is 5.91 Å². The molecule has 0 atom stereocenters. The van der Waals surface area contributed by atoms with E-state index in [0.29, 0.717) is 14.2 Å². The Labute approximate surface area is 103 Å². The fourth-order valence-electron chi connectivity index (χ4n) is 1.19. The van der Waals surface area contributed by atoms with Crippen molar-refractivity contribution < 1.29 is 4.79 Å². The Bertz CT molecular complexity index is 365. The van der Waals surface area contributed by atoms with E-state index in [2.05, 4.69) is 6.92 Å². The summed E-state index contributed by atoms with van der Waals surface area (Å²) in [5.41, 5.74) is 2.90. The van der Waals surface area contributed by atoms with Crippen molar-refractivity contribution in [2.45, 2.75) is 26.2 Å². The summed E-state index contributed by atoms with van der Waals surface area (Å²) in [6.07, 6.45) is 2.85. The van der Waals surface area contributed by atoms with E-state index in [1.54, 1.807) is 0 Å². The lowest BCUT2D eigenvalue weighted by atomic mass is 10.1. The molecule has 3 nitrogen and oxygen atoms in total. The molecule has 0 saturated carbocycles. The second-order valence-electron chi connectivity index (χ2n) is 3.07. The van der Waals surface area contributed by atoms with Crippen LogP contribution < -0.4 is 11.3 Å². The van der Waals surface area contributed by atoms with Gasteiger partial charge in [-0.25, -0.2) is 5.84 Å². The molecule has 0 aromatic carbocycles. The number of hydrogen-bond acceptors (Lipinski definition) is 3. The highest BCUT2D eigenvalue weighted by atomic mass is 35.5. The average molecular weight is 267 g/mol. The Balaban J connectivity index is 2.98. The zero-order chi connectivity index (χ0) is 11.4. The fraction of sp³-hybridized carbons (Fsp3) is 0.444. The van der Waals surface area contributed by atoms with Crippen LogP contribution in [0.2, 0.25) is 9.36 Å². The van der Waals surface area contributed by atoms with Crippen molar-refractivity contribution in [2.24, 2.45) is 5.84 Å². The number of hydrazine groups is 1. The molecule has 1 rings (SSSR count). The predicted molar refractivity (Wildman–Crippen MR) is 64.6 cm³/mol. The number of nitrogens with two attached hydrogens (primary N) is 1. The molecule has 0 spiro atoms. The summed E-state index contributed by atoms with van der Waals surface area (Å²) in [6, 6.07) is 0. The van der Waals surface area contributed by atoms with E-state index < -0.39 is 5.91 Å². The van der Waals surface area contributed by atoms with E-state index in [1.165, 1.54) is 11.3 Å². The van der Waals surface area contributed by atoms with Crippen molar-refractivity contribution in [3.8, 4) is 0 Å². The minimum absolute atomic E-state index is 0.385. The van der Waals surface area contributed by atoms with Gasteiger partial charge in [-0.1, -0.05) is 36.5 Å². The smallest absolute Gasteiger partial charge is 0.276 e. The van der Waals surface area contributed by atoms with Gasteiger partial charge in [0.1, 0.15) is 4.88 Å². The molecular weight excluding hydrogens is 255 g/mol. The third-order valence-corrected chi connectivity index (χ3v) is 4.02. The van der Waals surface area contributed by atoms with Gasteiger partial charge in [0.2, 0.25) is 0 Å². The number of unbranched alkanes of at least 4 members (excludes halogenated alkanes) is 1. The molecule has 1 aromatic rings. The van der Waals surface area contributed by atoms with Crippen LogP contribution in [0.25, 0.3) is 0 Å². The Morgan fingerprint density at radius 1 is 1.53 bits per heavy atom. The number of carbonyl (C=O) groups excluding carboxylic acids is 1. The summed E-state index contributed by atoms with van der Waals surface area (Å²) in [5, 5.41) is 0.432. The van der Waals surface area contributed by atoms with Crippen LogP contribution in [0.5, 0.6) is 0 Å². The van der Waals surface area contributed by atoms with Crippen molar-refractivity contribution in [1.29, 1.82) is 0 Å². The molecular formula is C9H12Cl2N2OS. The molecule has 1 amide bonds. The van der Waals surface area contributed by atoms with E-state index in [9.17, 15) is 4.79 Å². The van der Waals surface area contributed by atoms with Gasteiger partial charge < -0.3 is 0 Å². The maximum Gasteiger partial charge on any atom is 0.276 e. The minimum atomic E-state index is -0.394. The van der Waals surface area contributed by atoms with Crippen molar-refractivity contribution in [1.82, 2.24) is 5.43 Å². The van der Waals surface area contributed by atoms with Crippen LogP contribution in [0.4, 0.5) is 0 Å². The Kier molecular flexibility index (Phi) is 4.86. The maximum absolute atomic E-state index is 11.3. The molecule has 0 aliphatic carbocycles. The summed E-state index contributed by atoms with van der Waals surface area (Å²) in [5.74, 6) is 4.64. The number of thiophene rings is 1. The molecule has 0 fully saturated rings. The van der Waals surface area contributed by atoms with Gasteiger partial charge in [0.05, 0.1) is 9.36 Å². The summed E-state index contributed by atoms with van der Waals surface area (Å²) >= 11 is 13.2. The zero-order valence-electron chi connectivity index (χ0n) is 8.27. The first-order valence-electron chi connectivity index (χ1n) is 4.59. The molecule has 15 heavy (non-hydrogen) atoms. The summed E-state index contributed by atoms with van der Waals surface area (Å²) in [7, 11) is 0. The standard InChI is InChI=1S/C9H12Cl2N2OS/c1-2-3-4-5-6(10)7(9(14)13-12)15-8(5)11/h2-4,12H2,1H3,(H,13,14). The number of hydrogen-bond donors (Lipinski definition) is 2. The van der Waals surface area contributed by atoms with Crippen LogP contribution >= 0.6 is 34.5 Å². The molecule has 0 unspecified atom stereocenters. The molecule has 3 N–H and O–H groups in total. The topological polar surface area (TPSA) is 55.1 Å². The van der Waals surface area contributed by atoms with Gasteiger partial charge in [-0.2, -0.15) is 0 Å². The Hall–Kier alpha value is -0.290. The number of nitrogen functional groups attached to an aromatic ring is 1. The third kappa shape index (κ3) is 2.84. The molecule has 6 heteroatoms. The first kappa shape index (κ1) is 12.8. The summed E-state index contributed by atoms with van der Waals surface area (Å²) in [4.78, 5) is 11.7. The van der Waals surface area contributed by atoms with Gasteiger partial charge >= 0.3 is 0 Å². The number of nitrogens with one attached hydrogen (secondary N) is 1. The van der Waals surface area contributed by atoms with Crippen LogP contribution in [0.15, 0.2) is 0 Å². The van der Waals surface area contributed by atoms with E-state index in [4.69, 9.17) is 29.0 Å². The van der Waals surface area contributed by atoms with Crippen molar-refractivity contribution in [3.63, 3.8) is 0 Å². The number of rotatable bonds is 4. The van der Waals surface area contributed by atoms with Crippen molar-refractivity contribution >= 4 is 40.4 Å². The molecule has 0 radical (unpaired) electrons. The molecule has 0 aliphatic rings. The van der Waals surface area contributed by atoms with E-state index in [0.717, 1.165) is 24.8 Å². The van der Waals surface area contributed by atoms with Crippen LogP contribution in [0.1, 0.15) is 35.0 Å². The van der Waals surface area contributed by atoms with E-state index in [1.807, 2.05) is 5.43 Å². The molecule has 0 bridgehead atoms. The Morgan fingerprint density at radius 3 is 2.73 bits per heavy atom. The second kappa shape index (κ2) is 5.70. The molecule has 1 aromatic heterocycles. The molecule has 0 saturated heterocycles. The lowest BCUT2D eigenvalue weighted by molar-refractivity contribution is 0.0958. The highest BCUT2D eigenvalue weighted by molar-refractivity contribution is 7.18. The van der Waals surface area contributed by atoms with Crippen molar-refractivity contribution in [3.05, 3.63) is 19.8 Å². The molecule has 84 valence electrons. The van der Waals surface area contributed by atoms with Gasteiger partial charge in [0, 0.05) is 5.56 Å². The Morgan fingerprint density at radius 2 is 2.20 bits per heavy atom. The highest BCUT2D eigenvalue weighted by Gasteiger charge is 2.19. The number of amides is 1. The minimum Gasteiger partial charge on any atom is -0.289 e. The first-order valence-corrected chi connectivity index (χ1v) is 6.16. The van der Waals surface area contributed by atoms with Crippen molar-refractivity contribution in [2.75, 3.05) is 0 Å². The normalized spacial score (nSPS) is 10.4. The monoisotopic (exact) mass is 266 g/mol.